The van der Waals surface area contributed by atoms with Crippen molar-refractivity contribution in [2.24, 2.45) is 0 Å². The summed E-state index contributed by atoms with van der Waals surface area (Å²) >= 11 is 1.68. The molecule has 1 aliphatic carbocycles. The van der Waals surface area contributed by atoms with Gasteiger partial charge in [0.1, 0.15) is 10.6 Å². The van der Waals surface area contributed by atoms with Crippen LogP contribution < -0.4 is 10.2 Å². The first-order valence-corrected chi connectivity index (χ1v) is 8.62. The van der Waals surface area contributed by atoms with Crippen LogP contribution in [0.2, 0.25) is 0 Å². The Morgan fingerprint density at radius 1 is 1.43 bits per heavy atom. The molecule has 5 nitrogen and oxygen atoms in total. The molecule has 0 amide bonds. The van der Waals surface area contributed by atoms with Crippen molar-refractivity contribution in [2.45, 2.75) is 38.3 Å². The molecule has 2 atom stereocenters. The van der Waals surface area contributed by atoms with Gasteiger partial charge < -0.3 is 15.0 Å². The number of hydrogen-bond acceptors (Lipinski definition) is 6. The summed E-state index contributed by atoms with van der Waals surface area (Å²) in [6, 6.07) is 2.62. The average Bonchev–Trinajstić information content (AvgIpc) is 3.14. The van der Waals surface area contributed by atoms with E-state index in [1.807, 2.05) is 0 Å². The van der Waals surface area contributed by atoms with Gasteiger partial charge in [-0.25, -0.2) is 4.98 Å². The first-order valence-electron chi connectivity index (χ1n) is 7.74. The molecule has 4 rings (SSSR count). The van der Waals surface area contributed by atoms with Gasteiger partial charge in [-0.15, -0.1) is 11.3 Å². The number of fused-ring (bicyclic) bond motifs is 2. The lowest BCUT2D eigenvalue weighted by molar-refractivity contribution is 0.0254. The Labute approximate surface area is 128 Å². The Morgan fingerprint density at radius 3 is 3.29 bits per heavy atom. The largest absolute Gasteiger partial charge is 0.374 e. The van der Waals surface area contributed by atoms with Crippen LogP contribution in [0.25, 0.3) is 10.2 Å². The van der Waals surface area contributed by atoms with Gasteiger partial charge >= 0.3 is 0 Å². The molecule has 0 radical (unpaired) electrons. The number of rotatable bonds is 3. The molecular weight excluding hydrogens is 284 g/mol. The molecule has 112 valence electrons. The van der Waals surface area contributed by atoms with Gasteiger partial charge in [-0.2, -0.15) is 4.98 Å². The summed E-state index contributed by atoms with van der Waals surface area (Å²) in [7, 11) is 0. The van der Waals surface area contributed by atoms with E-state index in [2.05, 4.69) is 33.6 Å². The average molecular weight is 304 g/mol. The molecule has 21 heavy (non-hydrogen) atoms. The lowest BCUT2D eigenvalue weighted by Gasteiger charge is -2.38. The second-order valence-electron chi connectivity index (χ2n) is 5.64. The molecule has 0 bridgehead atoms. The SMILES string of the molecule is CCNc1nc(N2CCOC3CCCC32)c2ccsc2n1. The maximum Gasteiger partial charge on any atom is 0.226 e. The third-order valence-corrected chi connectivity index (χ3v) is 5.20. The third kappa shape index (κ3) is 2.26. The highest BCUT2D eigenvalue weighted by Crippen LogP contribution is 2.36. The Kier molecular flexibility index (Phi) is 3.43. The monoisotopic (exact) mass is 304 g/mol. The third-order valence-electron chi connectivity index (χ3n) is 4.39. The summed E-state index contributed by atoms with van der Waals surface area (Å²) in [5.74, 6) is 1.82. The second kappa shape index (κ2) is 5.42. The van der Waals surface area contributed by atoms with E-state index in [1.165, 1.54) is 24.6 Å². The second-order valence-corrected chi connectivity index (χ2v) is 6.54. The minimum absolute atomic E-state index is 0.380. The quantitative estimate of drug-likeness (QED) is 0.945. The van der Waals surface area contributed by atoms with Gasteiger partial charge in [0, 0.05) is 13.1 Å². The normalized spacial score (nSPS) is 25.3. The standard InChI is InChI=1S/C15H20N4OS/c1-2-16-15-17-13(10-6-9-21-14(10)18-15)19-7-8-20-12-5-3-4-11(12)19/h6,9,11-12H,2-5,7-8H2,1H3,(H,16,17,18). The number of nitrogens with zero attached hydrogens (tertiary/aromatic N) is 3. The number of thiophene rings is 1. The number of anilines is 2. The van der Waals surface area contributed by atoms with Gasteiger partial charge in [0.2, 0.25) is 5.95 Å². The summed E-state index contributed by atoms with van der Waals surface area (Å²) in [6.45, 7) is 4.64. The van der Waals surface area contributed by atoms with E-state index in [0.717, 1.165) is 36.3 Å². The number of nitrogens with one attached hydrogen (secondary N) is 1. The fourth-order valence-electron chi connectivity index (χ4n) is 3.48. The fourth-order valence-corrected chi connectivity index (χ4v) is 4.24. The van der Waals surface area contributed by atoms with Crippen LogP contribution in [-0.4, -0.2) is 41.8 Å². The van der Waals surface area contributed by atoms with Crippen molar-refractivity contribution in [2.75, 3.05) is 29.9 Å². The summed E-state index contributed by atoms with van der Waals surface area (Å²) in [4.78, 5) is 12.9. The van der Waals surface area contributed by atoms with Crippen molar-refractivity contribution in [1.29, 1.82) is 0 Å². The van der Waals surface area contributed by atoms with Gasteiger partial charge in [0.05, 0.1) is 24.1 Å². The van der Waals surface area contributed by atoms with Crippen molar-refractivity contribution in [3.8, 4) is 0 Å². The molecular formula is C15H20N4OS. The molecule has 2 fully saturated rings. The van der Waals surface area contributed by atoms with Crippen molar-refractivity contribution in [3.05, 3.63) is 11.4 Å². The van der Waals surface area contributed by atoms with E-state index in [0.29, 0.717) is 12.1 Å². The summed E-state index contributed by atoms with van der Waals surface area (Å²) < 4.78 is 5.93. The minimum atomic E-state index is 0.380. The highest BCUT2D eigenvalue weighted by Gasteiger charge is 2.37. The zero-order valence-corrected chi connectivity index (χ0v) is 13.0. The number of morpholine rings is 1. The van der Waals surface area contributed by atoms with Crippen LogP contribution in [0, 0.1) is 0 Å². The van der Waals surface area contributed by atoms with Crippen LogP contribution in [0.5, 0.6) is 0 Å². The van der Waals surface area contributed by atoms with Crippen LogP contribution in [0.1, 0.15) is 26.2 Å². The fraction of sp³-hybridized carbons (Fsp3) is 0.600. The van der Waals surface area contributed by atoms with E-state index in [9.17, 15) is 0 Å². The first kappa shape index (κ1) is 13.3. The van der Waals surface area contributed by atoms with Gasteiger partial charge in [-0.3, -0.25) is 0 Å². The number of aromatic nitrogens is 2. The highest BCUT2D eigenvalue weighted by molar-refractivity contribution is 7.16. The summed E-state index contributed by atoms with van der Waals surface area (Å²) in [5.41, 5.74) is 0. The molecule has 2 aromatic rings. The van der Waals surface area contributed by atoms with Crippen LogP contribution in [0.4, 0.5) is 11.8 Å². The van der Waals surface area contributed by atoms with Crippen molar-refractivity contribution in [3.63, 3.8) is 0 Å². The van der Waals surface area contributed by atoms with E-state index in [4.69, 9.17) is 9.72 Å². The molecule has 0 spiro atoms. The molecule has 0 aromatic carbocycles. The molecule has 1 aliphatic heterocycles. The molecule has 1 saturated heterocycles. The summed E-state index contributed by atoms with van der Waals surface area (Å²) in [6.07, 6.45) is 4.02. The smallest absolute Gasteiger partial charge is 0.226 e. The number of hydrogen-bond donors (Lipinski definition) is 1. The molecule has 3 heterocycles. The van der Waals surface area contributed by atoms with Crippen molar-refractivity contribution >= 4 is 33.3 Å². The Bertz CT molecular complexity index is 644. The molecule has 2 aliphatic rings. The Hall–Kier alpha value is -1.40. The van der Waals surface area contributed by atoms with Crippen LogP contribution in [-0.2, 0) is 4.74 Å². The van der Waals surface area contributed by atoms with Gasteiger partial charge in [0.15, 0.2) is 0 Å². The van der Waals surface area contributed by atoms with Crippen LogP contribution >= 0.6 is 11.3 Å². The molecule has 6 heteroatoms. The summed E-state index contributed by atoms with van der Waals surface area (Å²) in [5, 5.41) is 6.53. The van der Waals surface area contributed by atoms with E-state index < -0.39 is 0 Å². The lowest BCUT2D eigenvalue weighted by atomic mass is 10.1. The Balaban J connectivity index is 1.78. The van der Waals surface area contributed by atoms with Crippen LogP contribution in [0.15, 0.2) is 11.4 Å². The van der Waals surface area contributed by atoms with Crippen LogP contribution in [0.3, 0.4) is 0 Å². The predicted octanol–water partition coefficient (Wildman–Crippen LogP) is 2.88. The van der Waals surface area contributed by atoms with Crippen molar-refractivity contribution < 1.29 is 4.74 Å². The Morgan fingerprint density at radius 2 is 2.38 bits per heavy atom. The molecule has 2 aromatic heterocycles. The van der Waals surface area contributed by atoms with Gasteiger partial charge in [-0.05, 0) is 37.6 Å². The molecule has 1 saturated carbocycles. The molecule has 2 unspecified atom stereocenters. The van der Waals surface area contributed by atoms with E-state index in [1.54, 1.807) is 11.3 Å². The predicted molar refractivity (Wildman–Crippen MR) is 86.3 cm³/mol. The minimum Gasteiger partial charge on any atom is -0.374 e. The topological polar surface area (TPSA) is 50.3 Å². The lowest BCUT2D eigenvalue weighted by Crippen LogP contribution is -2.49. The van der Waals surface area contributed by atoms with E-state index in [-0.39, 0.29) is 0 Å². The highest BCUT2D eigenvalue weighted by atomic mass is 32.1. The van der Waals surface area contributed by atoms with Crippen molar-refractivity contribution in [1.82, 2.24) is 9.97 Å². The molecule has 1 N–H and O–H groups in total. The van der Waals surface area contributed by atoms with Gasteiger partial charge in [0.25, 0.3) is 0 Å². The van der Waals surface area contributed by atoms with E-state index >= 15 is 0 Å². The number of ether oxygens (including phenoxy) is 1. The zero-order chi connectivity index (χ0) is 14.2. The maximum atomic E-state index is 5.93. The maximum absolute atomic E-state index is 5.93. The van der Waals surface area contributed by atoms with Gasteiger partial charge in [-0.1, -0.05) is 0 Å². The first-order chi connectivity index (χ1) is 10.4. The zero-order valence-electron chi connectivity index (χ0n) is 12.2.